The fraction of sp³-hybridized carbons (Fsp3) is 0.214. The maximum absolute atomic E-state index is 13.2. The normalized spacial score (nSPS) is 11.1. The molecule has 3 heterocycles. The number of benzene rings is 2. The first-order chi connectivity index (χ1) is 18.6. The molecule has 0 aliphatic rings. The van der Waals surface area contributed by atoms with Gasteiger partial charge in [-0.2, -0.15) is 10.2 Å². The van der Waals surface area contributed by atoms with Crippen LogP contribution in [0.3, 0.4) is 0 Å². The lowest BCUT2D eigenvalue weighted by atomic mass is 10.1. The summed E-state index contributed by atoms with van der Waals surface area (Å²) in [5, 5.41) is 13.5. The number of fused-ring (bicyclic) bond motifs is 1. The standard InChI is InChI=1S/C28H29N7O3/c1-37-18-25-24(17-35(33-25)16-20-6-4-19(5-7-20)15-34-13-3-11-32-34)28(36)31-14-21-8-9-23-22(26(21)38-2)10-12-30-27(23)29/h3-13,17H,14-16,18H2,1-2H3,(H2,29,30)(H,31,36). The van der Waals surface area contributed by atoms with Crippen LogP contribution in [0.25, 0.3) is 10.8 Å². The van der Waals surface area contributed by atoms with E-state index in [0.717, 1.165) is 27.5 Å². The summed E-state index contributed by atoms with van der Waals surface area (Å²) in [6, 6.07) is 15.8. The quantitative estimate of drug-likeness (QED) is 0.295. The van der Waals surface area contributed by atoms with Crippen LogP contribution in [0.1, 0.15) is 32.7 Å². The molecule has 10 heteroatoms. The molecule has 5 aromatic rings. The molecule has 38 heavy (non-hydrogen) atoms. The fourth-order valence-electron chi connectivity index (χ4n) is 4.44. The van der Waals surface area contributed by atoms with Gasteiger partial charge in [0.05, 0.1) is 32.4 Å². The number of nitrogens with one attached hydrogen (secondary N) is 1. The van der Waals surface area contributed by atoms with E-state index in [9.17, 15) is 4.79 Å². The Morgan fingerprint density at radius 3 is 2.42 bits per heavy atom. The molecule has 2 aromatic carbocycles. The smallest absolute Gasteiger partial charge is 0.255 e. The number of hydrogen-bond acceptors (Lipinski definition) is 7. The Bertz CT molecular complexity index is 1540. The Balaban J connectivity index is 1.30. The zero-order valence-electron chi connectivity index (χ0n) is 21.3. The number of amides is 1. The number of hydrogen-bond donors (Lipinski definition) is 2. The van der Waals surface area contributed by atoms with Gasteiger partial charge in [-0.3, -0.25) is 14.2 Å². The molecule has 0 atom stereocenters. The van der Waals surface area contributed by atoms with E-state index >= 15 is 0 Å². The van der Waals surface area contributed by atoms with Crippen molar-refractivity contribution < 1.29 is 14.3 Å². The van der Waals surface area contributed by atoms with Crippen molar-refractivity contribution in [2.45, 2.75) is 26.2 Å². The van der Waals surface area contributed by atoms with Gasteiger partial charge in [0.1, 0.15) is 17.3 Å². The van der Waals surface area contributed by atoms with Gasteiger partial charge in [-0.1, -0.05) is 36.4 Å². The zero-order chi connectivity index (χ0) is 26.5. The third kappa shape index (κ3) is 5.35. The van der Waals surface area contributed by atoms with Crippen molar-refractivity contribution in [2.24, 2.45) is 0 Å². The van der Waals surface area contributed by atoms with Crippen LogP contribution in [0, 0.1) is 0 Å². The average Bonchev–Trinajstić information content (AvgIpc) is 3.58. The Morgan fingerprint density at radius 2 is 1.74 bits per heavy atom. The highest BCUT2D eigenvalue weighted by molar-refractivity contribution is 5.97. The largest absolute Gasteiger partial charge is 0.496 e. The summed E-state index contributed by atoms with van der Waals surface area (Å²) >= 11 is 0. The van der Waals surface area contributed by atoms with Gasteiger partial charge in [0.2, 0.25) is 0 Å². The van der Waals surface area contributed by atoms with E-state index in [1.54, 1.807) is 37.5 Å². The second-order valence-corrected chi connectivity index (χ2v) is 8.87. The van der Waals surface area contributed by atoms with Gasteiger partial charge >= 0.3 is 0 Å². The Hall–Kier alpha value is -4.70. The molecule has 0 unspecified atom stereocenters. The van der Waals surface area contributed by atoms with Crippen LogP contribution in [0.2, 0.25) is 0 Å². The molecule has 0 bridgehead atoms. The van der Waals surface area contributed by atoms with E-state index in [4.69, 9.17) is 15.2 Å². The number of nitrogens with zero attached hydrogens (tertiary/aromatic N) is 5. The first kappa shape index (κ1) is 25.0. The van der Waals surface area contributed by atoms with Crippen LogP contribution in [0.4, 0.5) is 5.82 Å². The topological polar surface area (TPSA) is 122 Å². The van der Waals surface area contributed by atoms with Crippen molar-refractivity contribution in [1.29, 1.82) is 0 Å². The highest BCUT2D eigenvalue weighted by Crippen LogP contribution is 2.31. The second-order valence-electron chi connectivity index (χ2n) is 8.87. The second kappa shape index (κ2) is 11.1. The highest BCUT2D eigenvalue weighted by Gasteiger charge is 2.18. The number of nitrogen functional groups attached to an aromatic ring is 1. The van der Waals surface area contributed by atoms with E-state index in [0.29, 0.717) is 35.9 Å². The number of ether oxygens (including phenoxy) is 2. The lowest BCUT2D eigenvalue weighted by Crippen LogP contribution is -2.24. The van der Waals surface area contributed by atoms with E-state index in [1.165, 1.54) is 0 Å². The van der Waals surface area contributed by atoms with Gasteiger partial charge in [0.25, 0.3) is 5.91 Å². The number of anilines is 1. The van der Waals surface area contributed by atoms with E-state index in [2.05, 4.69) is 44.8 Å². The van der Waals surface area contributed by atoms with Gasteiger partial charge in [0, 0.05) is 54.8 Å². The molecular formula is C28H29N7O3. The minimum Gasteiger partial charge on any atom is -0.496 e. The number of carbonyl (C=O) groups is 1. The van der Waals surface area contributed by atoms with Crippen molar-refractivity contribution in [2.75, 3.05) is 20.0 Å². The van der Waals surface area contributed by atoms with Crippen LogP contribution in [0.5, 0.6) is 5.75 Å². The maximum Gasteiger partial charge on any atom is 0.255 e. The molecule has 0 radical (unpaired) electrons. The van der Waals surface area contributed by atoms with Crippen LogP contribution in [0.15, 0.2) is 73.3 Å². The summed E-state index contributed by atoms with van der Waals surface area (Å²) in [6.07, 6.45) is 7.10. The predicted molar refractivity (Wildman–Crippen MR) is 144 cm³/mol. The summed E-state index contributed by atoms with van der Waals surface area (Å²) < 4.78 is 14.6. The average molecular weight is 512 g/mol. The number of carbonyl (C=O) groups excluding carboxylic acids is 1. The monoisotopic (exact) mass is 511 g/mol. The molecule has 0 saturated heterocycles. The first-order valence-corrected chi connectivity index (χ1v) is 12.1. The number of pyridine rings is 1. The van der Waals surface area contributed by atoms with Gasteiger partial charge < -0.3 is 20.5 Å². The molecule has 3 N–H and O–H groups in total. The number of rotatable bonds is 10. The predicted octanol–water partition coefficient (Wildman–Crippen LogP) is 3.39. The molecule has 0 saturated carbocycles. The summed E-state index contributed by atoms with van der Waals surface area (Å²) in [6.45, 7) is 1.74. The summed E-state index contributed by atoms with van der Waals surface area (Å²) in [4.78, 5) is 17.3. The van der Waals surface area contributed by atoms with E-state index in [-0.39, 0.29) is 19.1 Å². The number of nitrogens with two attached hydrogens (primary N) is 1. The number of aromatic nitrogens is 5. The van der Waals surface area contributed by atoms with Crippen molar-refractivity contribution >= 4 is 22.5 Å². The Kier molecular flexibility index (Phi) is 7.32. The molecule has 10 nitrogen and oxygen atoms in total. The molecule has 0 spiro atoms. The van der Waals surface area contributed by atoms with Crippen molar-refractivity contribution in [3.8, 4) is 5.75 Å². The third-order valence-electron chi connectivity index (χ3n) is 6.29. The SMILES string of the molecule is COCc1nn(Cc2ccc(Cn3cccn3)cc2)cc1C(=O)NCc1ccc2c(N)nccc2c1OC. The van der Waals surface area contributed by atoms with Crippen molar-refractivity contribution in [3.05, 3.63) is 101 Å². The van der Waals surface area contributed by atoms with E-state index in [1.807, 2.05) is 35.1 Å². The molecule has 0 fully saturated rings. The van der Waals surface area contributed by atoms with E-state index < -0.39 is 0 Å². The van der Waals surface area contributed by atoms with Gasteiger partial charge in [-0.05, 0) is 23.3 Å². The zero-order valence-corrected chi connectivity index (χ0v) is 21.3. The van der Waals surface area contributed by atoms with Gasteiger partial charge in [-0.25, -0.2) is 4.98 Å². The molecule has 5 rings (SSSR count). The highest BCUT2D eigenvalue weighted by atomic mass is 16.5. The minimum absolute atomic E-state index is 0.226. The number of methoxy groups -OCH3 is 2. The molecule has 0 aliphatic heterocycles. The molecular weight excluding hydrogens is 482 g/mol. The third-order valence-corrected chi connectivity index (χ3v) is 6.29. The van der Waals surface area contributed by atoms with Crippen LogP contribution < -0.4 is 15.8 Å². The first-order valence-electron chi connectivity index (χ1n) is 12.1. The van der Waals surface area contributed by atoms with Crippen LogP contribution >= 0.6 is 0 Å². The van der Waals surface area contributed by atoms with Gasteiger partial charge in [0.15, 0.2) is 0 Å². The molecule has 0 aliphatic carbocycles. The van der Waals surface area contributed by atoms with Crippen molar-refractivity contribution in [3.63, 3.8) is 0 Å². The summed E-state index contributed by atoms with van der Waals surface area (Å²) in [5.41, 5.74) is 10.1. The summed E-state index contributed by atoms with van der Waals surface area (Å²) in [7, 11) is 3.18. The Labute approximate surface area is 220 Å². The lowest BCUT2D eigenvalue weighted by Gasteiger charge is -2.13. The fourth-order valence-corrected chi connectivity index (χ4v) is 4.44. The minimum atomic E-state index is -0.241. The van der Waals surface area contributed by atoms with Crippen molar-refractivity contribution in [1.82, 2.24) is 29.9 Å². The molecule has 1 amide bonds. The molecule has 3 aromatic heterocycles. The Morgan fingerprint density at radius 1 is 0.974 bits per heavy atom. The lowest BCUT2D eigenvalue weighted by molar-refractivity contribution is 0.0945. The molecule has 194 valence electrons. The summed E-state index contributed by atoms with van der Waals surface area (Å²) in [5.74, 6) is 0.843. The maximum atomic E-state index is 13.2. The van der Waals surface area contributed by atoms with Gasteiger partial charge in [-0.15, -0.1) is 0 Å². The van der Waals surface area contributed by atoms with Crippen LogP contribution in [-0.2, 0) is 31.0 Å². The van der Waals surface area contributed by atoms with Crippen LogP contribution in [-0.4, -0.2) is 44.7 Å².